The molecule has 1 saturated heterocycles. The highest BCUT2D eigenvalue weighted by Crippen LogP contribution is 2.41. The molecule has 2 rings (SSSR count). The van der Waals surface area contributed by atoms with Gasteiger partial charge in [0.05, 0.1) is 0 Å². The number of hydrogen-bond acceptors (Lipinski definition) is 3. The van der Waals surface area contributed by atoms with Crippen molar-refractivity contribution in [2.45, 2.75) is 11.8 Å². The van der Waals surface area contributed by atoms with Gasteiger partial charge in [0.15, 0.2) is 0 Å². The number of hydrazine groups is 1. The van der Waals surface area contributed by atoms with Crippen LogP contribution in [0.25, 0.3) is 0 Å². The number of carbonyl (C=O) groups is 1. The number of halogens is 3. The Kier molecular flexibility index (Phi) is 2.18. The van der Waals surface area contributed by atoms with Crippen molar-refractivity contribution < 1.29 is 18.0 Å². The molecule has 0 atom stereocenters. The number of rotatable bonds is 2. The lowest BCUT2D eigenvalue weighted by Gasteiger charge is -2.16. The Balaban J connectivity index is 2.33. The van der Waals surface area contributed by atoms with Crippen LogP contribution in [0.4, 0.5) is 13.2 Å². The molecule has 0 radical (unpaired) electrons. The van der Waals surface area contributed by atoms with E-state index in [1.165, 1.54) is 24.3 Å². The van der Waals surface area contributed by atoms with E-state index in [2.05, 4.69) is 10.9 Å². The Bertz CT molecular complexity index is 423. The van der Waals surface area contributed by atoms with Gasteiger partial charge in [0.1, 0.15) is 0 Å². The van der Waals surface area contributed by atoms with E-state index >= 15 is 0 Å². The van der Waals surface area contributed by atoms with Crippen molar-refractivity contribution >= 4 is 5.91 Å². The molecule has 1 fully saturated rings. The SMILES string of the molecule is NC(=O)c1ccc(C2(C(F)(F)F)NN2)cc1. The maximum Gasteiger partial charge on any atom is 0.426 e. The number of nitrogens with one attached hydrogen (secondary N) is 2. The maximum atomic E-state index is 12.6. The number of alkyl halides is 3. The summed E-state index contributed by atoms with van der Waals surface area (Å²) in [4.78, 5) is 10.7. The molecular formula is C9H8F3N3O. The number of carbonyl (C=O) groups excluding carboxylic acids is 1. The molecule has 1 amide bonds. The summed E-state index contributed by atoms with van der Waals surface area (Å²) < 4.78 is 37.9. The van der Waals surface area contributed by atoms with Crippen LogP contribution in [0.3, 0.4) is 0 Å². The third-order valence-corrected chi connectivity index (χ3v) is 2.40. The molecule has 1 aliphatic heterocycles. The van der Waals surface area contributed by atoms with Crippen molar-refractivity contribution in [1.29, 1.82) is 0 Å². The Labute approximate surface area is 88.6 Å². The van der Waals surface area contributed by atoms with Gasteiger partial charge in [0, 0.05) is 5.56 Å². The molecule has 0 spiro atoms. The number of primary amides is 1. The first kappa shape index (κ1) is 10.9. The molecule has 16 heavy (non-hydrogen) atoms. The van der Waals surface area contributed by atoms with Gasteiger partial charge in [-0.3, -0.25) is 4.79 Å². The zero-order chi connectivity index (χ0) is 12.0. The van der Waals surface area contributed by atoms with Crippen LogP contribution in [-0.4, -0.2) is 12.1 Å². The van der Waals surface area contributed by atoms with Crippen LogP contribution < -0.4 is 16.6 Å². The third kappa shape index (κ3) is 1.54. The molecule has 1 aromatic rings. The monoisotopic (exact) mass is 231 g/mol. The Hall–Kier alpha value is -1.60. The largest absolute Gasteiger partial charge is 0.426 e. The van der Waals surface area contributed by atoms with Crippen molar-refractivity contribution in [2.24, 2.45) is 5.73 Å². The van der Waals surface area contributed by atoms with E-state index in [-0.39, 0.29) is 11.1 Å². The Morgan fingerprint density at radius 3 is 2.00 bits per heavy atom. The molecule has 86 valence electrons. The second-order valence-electron chi connectivity index (χ2n) is 3.44. The summed E-state index contributed by atoms with van der Waals surface area (Å²) in [5.41, 5.74) is 7.07. The maximum absolute atomic E-state index is 12.6. The molecule has 1 heterocycles. The summed E-state index contributed by atoms with van der Waals surface area (Å²) in [6.45, 7) is 0. The fraction of sp³-hybridized carbons (Fsp3) is 0.222. The quantitative estimate of drug-likeness (QED) is 0.651. The van der Waals surface area contributed by atoms with Gasteiger partial charge in [-0.25, -0.2) is 10.9 Å². The van der Waals surface area contributed by atoms with Gasteiger partial charge in [0.2, 0.25) is 11.6 Å². The Morgan fingerprint density at radius 1 is 1.19 bits per heavy atom. The minimum Gasteiger partial charge on any atom is -0.366 e. The van der Waals surface area contributed by atoms with Crippen LogP contribution in [-0.2, 0) is 5.66 Å². The molecule has 0 aliphatic carbocycles. The average molecular weight is 231 g/mol. The van der Waals surface area contributed by atoms with E-state index in [1.54, 1.807) is 0 Å². The van der Waals surface area contributed by atoms with Gasteiger partial charge in [0.25, 0.3) is 0 Å². The van der Waals surface area contributed by atoms with Crippen LogP contribution in [0.2, 0.25) is 0 Å². The molecule has 4 N–H and O–H groups in total. The van der Waals surface area contributed by atoms with Gasteiger partial charge in [-0.15, -0.1) is 0 Å². The molecule has 1 aromatic carbocycles. The van der Waals surface area contributed by atoms with E-state index in [4.69, 9.17) is 5.73 Å². The molecule has 4 nitrogen and oxygen atoms in total. The molecular weight excluding hydrogens is 223 g/mol. The van der Waals surface area contributed by atoms with Crippen LogP contribution in [0, 0.1) is 0 Å². The number of amides is 1. The van der Waals surface area contributed by atoms with Gasteiger partial charge < -0.3 is 5.73 Å². The second kappa shape index (κ2) is 3.19. The van der Waals surface area contributed by atoms with Crippen molar-refractivity contribution in [3.63, 3.8) is 0 Å². The van der Waals surface area contributed by atoms with Crippen molar-refractivity contribution in [1.82, 2.24) is 10.9 Å². The van der Waals surface area contributed by atoms with E-state index in [1.807, 2.05) is 0 Å². The zero-order valence-electron chi connectivity index (χ0n) is 7.93. The highest BCUT2D eigenvalue weighted by atomic mass is 19.4. The van der Waals surface area contributed by atoms with Crippen molar-refractivity contribution in [3.8, 4) is 0 Å². The molecule has 0 saturated carbocycles. The van der Waals surface area contributed by atoms with Crippen molar-refractivity contribution in [2.75, 3.05) is 0 Å². The van der Waals surface area contributed by atoms with Crippen molar-refractivity contribution in [3.05, 3.63) is 35.4 Å². The Morgan fingerprint density at radius 2 is 1.69 bits per heavy atom. The normalized spacial score (nSPS) is 18.2. The third-order valence-electron chi connectivity index (χ3n) is 2.40. The highest BCUT2D eigenvalue weighted by molar-refractivity contribution is 5.92. The standard InChI is InChI=1S/C9H8F3N3O/c10-9(11,12)8(14-15-8)6-3-1-5(2-4-6)7(13)16/h1-4,14-15H,(H2,13,16). The van der Waals surface area contributed by atoms with Crippen LogP contribution in [0.15, 0.2) is 24.3 Å². The molecule has 7 heteroatoms. The number of hydrogen-bond donors (Lipinski definition) is 3. The van der Waals surface area contributed by atoms with E-state index in [9.17, 15) is 18.0 Å². The summed E-state index contributed by atoms with van der Waals surface area (Å²) in [5.74, 6) is -0.677. The molecule has 0 bridgehead atoms. The van der Waals surface area contributed by atoms with E-state index in [0.29, 0.717) is 0 Å². The smallest absolute Gasteiger partial charge is 0.366 e. The van der Waals surface area contributed by atoms with Gasteiger partial charge in [-0.1, -0.05) is 12.1 Å². The highest BCUT2D eigenvalue weighted by Gasteiger charge is 2.65. The topological polar surface area (TPSA) is 87.0 Å². The van der Waals surface area contributed by atoms with Crippen LogP contribution in [0.1, 0.15) is 15.9 Å². The summed E-state index contributed by atoms with van der Waals surface area (Å²) in [6.07, 6.45) is -4.44. The first-order chi connectivity index (χ1) is 7.37. The van der Waals surface area contributed by atoms with E-state index in [0.717, 1.165) is 0 Å². The lowest BCUT2D eigenvalue weighted by molar-refractivity contribution is -0.165. The fourth-order valence-electron chi connectivity index (χ4n) is 1.40. The predicted molar refractivity (Wildman–Crippen MR) is 49.0 cm³/mol. The average Bonchev–Trinajstić information content (AvgIpc) is 2.97. The molecule has 0 aromatic heterocycles. The number of benzene rings is 1. The van der Waals surface area contributed by atoms with Crippen LogP contribution >= 0.6 is 0 Å². The summed E-state index contributed by atoms with van der Waals surface area (Å²) in [6, 6.07) is 4.93. The first-order valence-corrected chi connectivity index (χ1v) is 4.38. The lowest BCUT2D eigenvalue weighted by atomic mass is 10.0. The van der Waals surface area contributed by atoms with Crippen LogP contribution in [0.5, 0.6) is 0 Å². The minimum atomic E-state index is -4.44. The predicted octanol–water partition coefficient (Wildman–Crippen LogP) is 0.608. The van der Waals surface area contributed by atoms with Gasteiger partial charge in [-0.2, -0.15) is 13.2 Å². The summed E-state index contributed by atoms with van der Waals surface area (Å²) in [5, 5.41) is 0. The first-order valence-electron chi connectivity index (χ1n) is 4.38. The fourth-order valence-corrected chi connectivity index (χ4v) is 1.40. The molecule has 1 aliphatic rings. The zero-order valence-corrected chi connectivity index (χ0v) is 7.93. The van der Waals surface area contributed by atoms with Gasteiger partial charge >= 0.3 is 6.18 Å². The lowest BCUT2D eigenvalue weighted by Crippen LogP contribution is -2.34. The minimum absolute atomic E-state index is 0.00926. The summed E-state index contributed by atoms with van der Waals surface area (Å²) >= 11 is 0. The second-order valence-corrected chi connectivity index (χ2v) is 3.44. The number of nitrogens with two attached hydrogens (primary N) is 1. The van der Waals surface area contributed by atoms with Gasteiger partial charge in [-0.05, 0) is 17.7 Å². The summed E-state index contributed by atoms with van der Waals surface area (Å²) in [7, 11) is 0. The van der Waals surface area contributed by atoms with E-state index < -0.39 is 17.7 Å². The molecule has 0 unspecified atom stereocenters.